The van der Waals surface area contributed by atoms with E-state index in [1.807, 2.05) is 31.2 Å². The molecule has 208 valence electrons. The molecule has 1 aliphatic carbocycles. The van der Waals surface area contributed by atoms with Crippen molar-refractivity contribution >= 4 is 24.6 Å². The summed E-state index contributed by atoms with van der Waals surface area (Å²) in [5, 5.41) is 0. The molecular weight excluding hydrogens is 516 g/mol. The number of fused-ring (bicyclic) bond motifs is 1. The van der Waals surface area contributed by atoms with Gasteiger partial charge in [0.25, 0.3) is 0 Å². The second kappa shape index (κ2) is 11.6. The summed E-state index contributed by atoms with van der Waals surface area (Å²) in [5.41, 5.74) is 13.8. The van der Waals surface area contributed by atoms with E-state index in [4.69, 9.17) is 11.5 Å². The van der Waals surface area contributed by atoms with Crippen molar-refractivity contribution in [1.29, 1.82) is 0 Å². The van der Waals surface area contributed by atoms with Gasteiger partial charge in [0.2, 0.25) is 19.7 Å². The molecule has 2 heterocycles. The highest BCUT2D eigenvalue weighted by molar-refractivity contribution is 8.07. The summed E-state index contributed by atoms with van der Waals surface area (Å²) < 4.78 is 55.3. The summed E-state index contributed by atoms with van der Waals surface area (Å²) in [6.45, 7) is 4.88. The Bertz CT molecular complexity index is 1400. The number of rotatable bonds is 14. The molecule has 3 aliphatic rings. The molecule has 0 bridgehead atoms. The third-order valence-electron chi connectivity index (χ3n) is 8.30. The van der Waals surface area contributed by atoms with Gasteiger partial charge in [-0.2, -0.15) is 0 Å². The van der Waals surface area contributed by atoms with Gasteiger partial charge in [-0.3, -0.25) is 0 Å². The maximum Gasteiger partial charge on any atom is 0.208 e. The van der Waals surface area contributed by atoms with E-state index in [0.29, 0.717) is 29.8 Å². The van der Waals surface area contributed by atoms with Crippen LogP contribution in [0.4, 0.5) is 0 Å². The van der Waals surface area contributed by atoms with Crippen molar-refractivity contribution in [1.82, 2.24) is 0 Å². The molecule has 4 N–H and O–H groups in total. The van der Waals surface area contributed by atoms with Crippen LogP contribution in [0.5, 0.6) is 0 Å². The highest BCUT2D eigenvalue weighted by Crippen LogP contribution is 2.63. The van der Waals surface area contributed by atoms with Gasteiger partial charge in [-0.15, -0.1) is 0 Å². The van der Waals surface area contributed by atoms with E-state index in [0.717, 1.165) is 76.2 Å². The SMILES string of the molecule is CC1=CC2=C(C3=C(C=C(c4ccc(C)cc4)S3(=O)=O)C2(CCCCCCN)CCCCCCCN)S1(=O)=O. The molecule has 8 heteroatoms. The first kappa shape index (κ1) is 29.0. The van der Waals surface area contributed by atoms with Crippen LogP contribution < -0.4 is 11.5 Å². The summed E-state index contributed by atoms with van der Waals surface area (Å²) in [4.78, 5) is 0.516. The van der Waals surface area contributed by atoms with Gasteiger partial charge in [0, 0.05) is 10.3 Å². The average Bonchev–Trinajstić information content (AvgIpc) is 3.40. The predicted molar refractivity (Wildman–Crippen MR) is 156 cm³/mol. The molecule has 1 aromatic rings. The van der Waals surface area contributed by atoms with Crippen LogP contribution in [-0.4, -0.2) is 29.9 Å². The van der Waals surface area contributed by atoms with Crippen molar-refractivity contribution in [3.8, 4) is 0 Å². The molecule has 1 atom stereocenters. The molecule has 4 rings (SSSR count). The molecule has 0 amide bonds. The lowest BCUT2D eigenvalue weighted by atomic mass is 9.69. The van der Waals surface area contributed by atoms with E-state index < -0.39 is 25.1 Å². The predicted octanol–water partition coefficient (Wildman–Crippen LogP) is 5.81. The molecule has 6 nitrogen and oxygen atoms in total. The minimum Gasteiger partial charge on any atom is -0.330 e. The summed E-state index contributed by atoms with van der Waals surface area (Å²) in [6, 6.07) is 7.41. The van der Waals surface area contributed by atoms with Crippen molar-refractivity contribution < 1.29 is 16.8 Å². The molecule has 2 aliphatic heterocycles. The zero-order valence-corrected chi connectivity index (χ0v) is 24.4. The van der Waals surface area contributed by atoms with Crippen LogP contribution in [-0.2, 0) is 19.7 Å². The fourth-order valence-corrected chi connectivity index (χ4v) is 10.2. The Hall–Kier alpha value is -2.00. The molecule has 0 aromatic heterocycles. The van der Waals surface area contributed by atoms with E-state index in [1.54, 1.807) is 19.1 Å². The average molecular weight is 559 g/mol. The van der Waals surface area contributed by atoms with Gasteiger partial charge in [0.15, 0.2) is 0 Å². The Balaban J connectivity index is 1.79. The fourth-order valence-electron chi connectivity index (χ4n) is 6.17. The van der Waals surface area contributed by atoms with Crippen molar-refractivity contribution in [2.75, 3.05) is 13.1 Å². The van der Waals surface area contributed by atoms with Gasteiger partial charge in [-0.25, -0.2) is 16.8 Å². The summed E-state index contributed by atoms with van der Waals surface area (Å²) in [6.07, 6.45) is 13.9. The summed E-state index contributed by atoms with van der Waals surface area (Å²) in [5.74, 6) is 0. The lowest BCUT2D eigenvalue weighted by Crippen LogP contribution is -2.23. The number of sulfone groups is 2. The number of hydrogen-bond acceptors (Lipinski definition) is 6. The highest BCUT2D eigenvalue weighted by Gasteiger charge is 2.57. The number of unbranched alkanes of at least 4 members (excludes halogenated alkanes) is 7. The maximum absolute atomic E-state index is 14.1. The molecule has 0 spiro atoms. The van der Waals surface area contributed by atoms with Crippen LogP contribution in [0.3, 0.4) is 0 Å². The minimum atomic E-state index is -3.99. The monoisotopic (exact) mass is 558 g/mol. The number of hydrogen-bond donors (Lipinski definition) is 2. The molecule has 38 heavy (non-hydrogen) atoms. The van der Waals surface area contributed by atoms with Gasteiger partial charge >= 0.3 is 0 Å². The Labute approximate surface area is 228 Å². The van der Waals surface area contributed by atoms with Crippen LogP contribution in [0.15, 0.2) is 62.3 Å². The second-order valence-corrected chi connectivity index (χ2v) is 14.9. The second-order valence-electron chi connectivity index (χ2n) is 11.0. The molecule has 1 aromatic carbocycles. The normalized spacial score (nSPS) is 23.1. The molecule has 0 saturated carbocycles. The summed E-state index contributed by atoms with van der Waals surface area (Å²) in [7, 11) is -7.85. The third kappa shape index (κ3) is 5.12. The van der Waals surface area contributed by atoms with E-state index in [-0.39, 0.29) is 19.6 Å². The van der Waals surface area contributed by atoms with E-state index >= 15 is 0 Å². The number of nitrogens with two attached hydrogens (primary N) is 2. The van der Waals surface area contributed by atoms with Gasteiger partial charge in [0.05, 0.1) is 14.7 Å². The van der Waals surface area contributed by atoms with Crippen LogP contribution in [0, 0.1) is 12.3 Å². The van der Waals surface area contributed by atoms with Crippen molar-refractivity contribution in [3.05, 3.63) is 73.4 Å². The first-order valence-corrected chi connectivity index (χ1v) is 16.9. The Morgan fingerprint density at radius 3 is 1.66 bits per heavy atom. The van der Waals surface area contributed by atoms with Gasteiger partial charge in [0.1, 0.15) is 0 Å². The van der Waals surface area contributed by atoms with Crippen LogP contribution in [0.25, 0.3) is 4.91 Å². The Morgan fingerprint density at radius 2 is 1.11 bits per heavy atom. The van der Waals surface area contributed by atoms with Crippen LogP contribution >= 0.6 is 0 Å². The lowest BCUT2D eigenvalue weighted by Gasteiger charge is -2.34. The standard InChI is InChI=1S/C30H42N2O4S2/c1-22-12-14-24(15-13-22)27-21-26-29(38(27,35)36)28-25(20-23(2)37(28,33)34)30(26,17-9-5-7-11-19-32)16-8-4-3-6-10-18-31/h12-15,20-21H,3-11,16-19,31-32H2,1-2H3. The quantitative estimate of drug-likeness (QED) is 0.278. The Kier molecular flexibility index (Phi) is 8.87. The molecule has 0 fully saturated rings. The van der Waals surface area contributed by atoms with Crippen molar-refractivity contribution in [2.45, 2.75) is 84.5 Å². The van der Waals surface area contributed by atoms with Gasteiger partial charge in [-0.05, 0) is 81.5 Å². The van der Waals surface area contributed by atoms with Crippen LogP contribution in [0.1, 0.15) is 88.7 Å². The molecule has 1 unspecified atom stereocenters. The van der Waals surface area contributed by atoms with Crippen molar-refractivity contribution in [2.24, 2.45) is 16.9 Å². The van der Waals surface area contributed by atoms with E-state index in [9.17, 15) is 16.8 Å². The van der Waals surface area contributed by atoms with Crippen LogP contribution in [0.2, 0.25) is 0 Å². The highest BCUT2D eigenvalue weighted by atomic mass is 32.2. The zero-order chi connectivity index (χ0) is 27.6. The van der Waals surface area contributed by atoms with Gasteiger partial charge in [-0.1, -0.05) is 74.8 Å². The largest absolute Gasteiger partial charge is 0.330 e. The number of aryl methyl sites for hydroxylation is 1. The van der Waals surface area contributed by atoms with E-state index in [1.165, 1.54) is 0 Å². The third-order valence-corrected chi connectivity index (χ3v) is 12.3. The smallest absolute Gasteiger partial charge is 0.208 e. The molecular formula is C30H42N2O4S2. The number of benzene rings is 1. The van der Waals surface area contributed by atoms with E-state index in [2.05, 4.69) is 0 Å². The van der Waals surface area contributed by atoms with Gasteiger partial charge < -0.3 is 11.5 Å². The molecule has 0 radical (unpaired) electrons. The first-order valence-electron chi connectivity index (χ1n) is 14.0. The fraction of sp³-hybridized carbons (Fsp3) is 0.533. The first-order chi connectivity index (χ1) is 18.1. The Morgan fingerprint density at radius 1 is 0.632 bits per heavy atom. The topological polar surface area (TPSA) is 120 Å². The lowest BCUT2D eigenvalue weighted by molar-refractivity contribution is 0.349. The molecule has 0 saturated heterocycles. The minimum absolute atomic E-state index is 0.0289. The zero-order valence-electron chi connectivity index (χ0n) is 22.8. The van der Waals surface area contributed by atoms with Crippen molar-refractivity contribution in [3.63, 3.8) is 0 Å². The number of allylic oxidation sites excluding steroid dienone is 5. The maximum atomic E-state index is 14.1. The summed E-state index contributed by atoms with van der Waals surface area (Å²) >= 11 is 0.